The van der Waals surface area contributed by atoms with E-state index in [1.54, 1.807) is 6.07 Å². The van der Waals surface area contributed by atoms with Crippen LogP contribution in [0.5, 0.6) is 0 Å². The number of hydrogen-bond acceptors (Lipinski definition) is 3. The van der Waals surface area contributed by atoms with Crippen LogP contribution in [-0.2, 0) is 23.0 Å². The fourth-order valence-electron chi connectivity index (χ4n) is 4.50. The van der Waals surface area contributed by atoms with Gasteiger partial charge in [0.15, 0.2) is 0 Å². The molecule has 0 saturated heterocycles. The summed E-state index contributed by atoms with van der Waals surface area (Å²) >= 11 is 0. The Bertz CT molecular complexity index is 1140. The molecule has 0 amide bonds. The molecule has 0 radical (unpaired) electrons. The van der Waals surface area contributed by atoms with E-state index in [2.05, 4.69) is 33.9 Å². The van der Waals surface area contributed by atoms with Gasteiger partial charge in [0.05, 0.1) is 4.90 Å². The number of nitrogens with zero attached hydrogens (tertiary/aromatic N) is 1. The lowest BCUT2D eigenvalue weighted by atomic mass is 10.00. The maximum absolute atomic E-state index is 12.8. The van der Waals surface area contributed by atoms with Crippen molar-refractivity contribution in [3.8, 4) is 0 Å². The lowest BCUT2D eigenvalue weighted by Crippen LogP contribution is -2.31. The standard InChI is InChI=1S/C26H32N2O2S/c1-21-14-15-26(25-13-7-6-12-24(21)25)31(29,30)27-17-8-2-3-9-18-28-19-16-22-10-4-5-11-23(22)20-28/h4-7,10-15,27H,2-3,8-9,16-20H2,1H3. The van der Waals surface area contributed by atoms with Crippen molar-refractivity contribution >= 4 is 20.8 Å². The van der Waals surface area contributed by atoms with Crippen LogP contribution in [0.15, 0.2) is 65.6 Å². The second-order valence-corrected chi connectivity index (χ2v) is 10.3. The molecular formula is C26H32N2O2S. The predicted molar refractivity (Wildman–Crippen MR) is 128 cm³/mol. The molecule has 1 heterocycles. The molecule has 5 heteroatoms. The van der Waals surface area contributed by atoms with E-state index in [9.17, 15) is 8.42 Å². The average molecular weight is 437 g/mol. The number of benzene rings is 3. The lowest BCUT2D eigenvalue weighted by Gasteiger charge is -2.28. The third kappa shape index (κ3) is 5.35. The maximum Gasteiger partial charge on any atom is 0.241 e. The number of rotatable bonds is 9. The predicted octanol–water partition coefficient (Wildman–Crippen LogP) is 5.05. The van der Waals surface area contributed by atoms with Crippen molar-refractivity contribution in [3.63, 3.8) is 0 Å². The Labute approximate surface area is 186 Å². The smallest absolute Gasteiger partial charge is 0.241 e. The molecule has 3 aromatic carbocycles. The van der Waals surface area contributed by atoms with Crippen molar-refractivity contribution in [1.29, 1.82) is 0 Å². The normalized spacial score (nSPS) is 14.6. The second kappa shape index (κ2) is 9.94. The van der Waals surface area contributed by atoms with Gasteiger partial charge in [0.1, 0.15) is 0 Å². The maximum atomic E-state index is 12.8. The van der Waals surface area contributed by atoms with Crippen molar-refractivity contribution in [1.82, 2.24) is 9.62 Å². The highest BCUT2D eigenvalue weighted by molar-refractivity contribution is 7.89. The largest absolute Gasteiger partial charge is 0.299 e. The van der Waals surface area contributed by atoms with Crippen molar-refractivity contribution in [3.05, 3.63) is 77.4 Å². The van der Waals surface area contributed by atoms with Crippen LogP contribution in [0.4, 0.5) is 0 Å². The average Bonchev–Trinajstić information content (AvgIpc) is 2.78. The molecule has 0 aliphatic carbocycles. The summed E-state index contributed by atoms with van der Waals surface area (Å²) in [7, 11) is -3.50. The topological polar surface area (TPSA) is 49.4 Å². The summed E-state index contributed by atoms with van der Waals surface area (Å²) in [6.07, 6.45) is 5.35. The van der Waals surface area contributed by atoms with Crippen molar-refractivity contribution in [2.75, 3.05) is 19.6 Å². The fraction of sp³-hybridized carbons (Fsp3) is 0.385. The van der Waals surface area contributed by atoms with Gasteiger partial charge in [-0.25, -0.2) is 13.1 Å². The molecule has 0 bridgehead atoms. The Morgan fingerprint density at radius 1 is 0.839 bits per heavy atom. The Hall–Kier alpha value is -2.21. The molecule has 164 valence electrons. The summed E-state index contributed by atoms with van der Waals surface area (Å²) in [4.78, 5) is 2.91. The molecule has 0 saturated carbocycles. The van der Waals surface area contributed by atoms with Crippen LogP contribution in [0.2, 0.25) is 0 Å². The first kappa shape index (κ1) is 22.0. The van der Waals surface area contributed by atoms with Gasteiger partial charge in [-0.05, 0) is 60.9 Å². The van der Waals surface area contributed by atoms with Crippen LogP contribution >= 0.6 is 0 Å². The Balaban J connectivity index is 1.20. The highest BCUT2D eigenvalue weighted by atomic mass is 32.2. The van der Waals surface area contributed by atoms with E-state index < -0.39 is 10.0 Å². The highest BCUT2D eigenvalue weighted by Crippen LogP contribution is 2.25. The first-order valence-electron chi connectivity index (χ1n) is 11.3. The molecule has 0 atom stereocenters. The summed E-state index contributed by atoms with van der Waals surface area (Å²) in [6, 6.07) is 20.0. The number of unbranched alkanes of at least 4 members (excludes halogenated alkanes) is 3. The van der Waals surface area contributed by atoms with E-state index in [0.29, 0.717) is 11.4 Å². The Morgan fingerprint density at radius 2 is 1.55 bits per heavy atom. The van der Waals surface area contributed by atoms with Gasteiger partial charge in [-0.2, -0.15) is 0 Å². The molecule has 0 unspecified atom stereocenters. The summed E-state index contributed by atoms with van der Waals surface area (Å²) < 4.78 is 28.5. The minimum Gasteiger partial charge on any atom is -0.299 e. The Kier molecular flexibility index (Phi) is 7.06. The van der Waals surface area contributed by atoms with E-state index in [4.69, 9.17) is 0 Å². The Morgan fingerprint density at radius 3 is 2.39 bits per heavy atom. The van der Waals surface area contributed by atoms with Gasteiger partial charge in [-0.1, -0.05) is 67.4 Å². The minimum absolute atomic E-state index is 0.374. The molecule has 1 aliphatic rings. The third-order valence-electron chi connectivity index (χ3n) is 6.29. The van der Waals surface area contributed by atoms with Crippen molar-refractivity contribution < 1.29 is 8.42 Å². The first-order chi connectivity index (χ1) is 15.0. The van der Waals surface area contributed by atoms with E-state index in [1.807, 2.05) is 37.3 Å². The van der Waals surface area contributed by atoms with Gasteiger partial charge >= 0.3 is 0 Å². The van der Waals surface area contributed by atoms with Gasteiger partial charge in [0, 0.05) is 25.0 Å². The number of hydrogen-bond donors (Lipinski definition) is 1. The lowest BCUT2D eigenvalue weighted by molar-refractivity contribution is 0.248. The van der Waals surface area contributed by atoms with Crippen molar-refractivity contribution in [2.45, 2.75) is 50.5 Å². The second-order valence-electron chi connectivity index (χ2n) is 8.53. The zero-order chi connectivity index (χ0) is 21.7. The molecule has 31 heavy (non-hydrogen) atoms. The van der Waals surface area contributed by atoms with Crippen LogP contribution in [0.1, 0.15) is 42.4 Å². The molecule has 4 rings (SSSR count). The molecule has 0 spiro atoms. The SMILES string of the molecule is Cc1ccc(S(=O)(=O)NCCCCCCN2CCc3ccccc3C2)c2ccccc12. The van der Waals surface area contributed by atoms with Crippen molar-refractivity contribution in [2.24, 2.45) is 0 Å². The van der Waals surface area contributed by atoms with E-state index >= 15 is 0 Å². The summed E-state index contributed by atoms with van der Waals surface area (Å²) in [5, 5.41) is 1.78. The van der Waals surface area contributed by atoms with Crippen LogP contribution in [0.3, 0.4) is 0 Å². The molecule has 3 aromatic rings. The minimum atomic E-state index is -3.50. The van der Waals surface area contributed by atoms with Gasteiger partial charge in [0.25, 0.3) is 0 Å². The van der Waals surface area contributed by atoms with Gasteiger partial charge < -0.3 is 0 Å². The number of aryl methyl sites for hydroxylation is 1. The molecule has 1 N–H and O–H groups in total. The highest BCUT2D eigenvalue weighted by Gasteiger charge is 2.17. The first-order valence-corrected chi connectivity index (χ1v) is 12.8. The molecule has 1 aliphatic heterocycles. The molecular weight excluding hydrogens is 404 g/mol. The number of sulfonamides is 1. The number of fused-ring (bicyclic) bond motifs is 2. The number of nitrogens with one attached hydrogen (secondary N) is 1. The quantitative estimate of drug-likeness (QED) is 0.478. The van der Waals surface area contributed by atoms with Crippen LogP contribution in [-0.4, -0.2) is 33.0 Å². The monoisotopic (exact) mass is 436 g/mol. The molecule has 0 fully saturated rings. The molecule has 0 aromatic heterocycles. The fourth-order valence-corrected chi connectivity index (χ4v) is 5.78. The molecule has 4 nitrogen and oxygen atoms in total. The van der Waals surface area contributed by atoms with Gasteiger partial charge in [-0.3, -0.25) is 4.90 Å². The zero-order valence-electron chi connectivity index (χ0n) is 18.3. The van der Waals surface area contributed by atoms with E-state index in [1.165, 1.54) is 11.1 Å². The third-order valence-corrected chi connectivity index (χ3v) is 7.81. The van der Waals surface area contributed by atoms with E-state index in [-0.39, 0.29) is 0 Å². The zero-order valence-corrected chi connectivity index (χ0v) is 19.1. The van der Waals surface area contributed by atoms with E-state index in [0.717, 1.165) is 68.1 Å². The van der Waals surface area contributed by atoms with Gasteiger partial charge in [-0.15, -0.1) is 0 Å². The van der Waals surface area contributed by atoms with Crippen LogP contribution in [0, 0.1) is 6.92 Å². The van der Waals surface area contributed by atoms with Crippen LogP contribution in [0.25, 0.3) is 10.8 Å². The van der Waals surface area contributed by atoms with Gasteiger partial charge in [0.2, 0.25) is 10.0 Å². The summed E-state index contributed by atoms with van der Waals surface area (Å²) in [5.74, 6) is 0. The summed E-state index contributed by atoms with van der Waals surface area (Å²) in [5.41, 5.74) is 4.05. The summed E-state index contributed by atoms with van der Waals surface area (Å²) in [6.45, 7) is 5.81. The van der Waals surface area contributed by atoms with Crippen LogP contribution < -0.4 is 4.72 Å².